The minimum atomic E-state index is -1.04. The number of hydrogen-bond donors (Lipinski definition) is 2. The van der Waals surface area contributed by atoms with E-state index in [-0.39, 0.29) is 35.9 Å². The highest BCUT2D eigenvalue weighted by atomic mass is 16.6. The normalized spacial score (nSPS) is 48.1. The van der Waals surface area contributed by atoms with Gasteiger partial charge in [-0.15, -0.1) is 0 Å². The Hall–Kier alpha value is -0.970. The number of carbonyl (C=O) groups is 1. The Morgan fingerprint density at radius 3 is 2.95 bits per heavy atom. The number of ether oxygens (including phenoxy) is 1. The number of aliphatic hydroxyl groups excluding tert-OH is 2. The molecule has 0 radical (unpaired) electrons. The highest BCUT2D eigenvalue weighted by Crippen LogP contribution is 2.63. The first-order valence-corrected chi connectivity index (χ1v) is 6.79. The van der Waals surface area contributed by atoms with Crippen molar-refractivity contribution in [1.82, 2.24) is 0 Å². The van der Waals surface area contributed by atoms with Crippen LogP contribution in [0.15, 0.2) is 23.8 Å². The van der Waals surface area contributed by atoms with E-state index in [2.05, 4.69) is 13.5 Å². The fourth-order valence-electron chi connectivity index (χ4n) is 3.86. The van der Waals surface area contributed by atoms with Gasteiger partial charge in [0.25, 0.3) is 0 Å². The largest absolute Gasteiger partial charge is 0.393 e. The van der Waals surface area contributed by atoms with Crippen LogP contribution in [0, 0.1) is 11.3 Å². The first-order valence-electron chi connectivity index (χ1n) is 6.79. The standard InChI is InChI=1S/C15H20O4/c1-8(7-16)15-12(18)6-10-4-5-11(17)9(2)14(10,3)13(15)19-15/h6,9,11,13,16-17H,1,4-5,7H2,2-3H3/t9-,11+,13?,14+,15-/m0/s1. The zero-order chi connectivity index (χ0) is 14.0. The molecule has 1 aliphatic heterocycles. The van der Waals surface area contributed by atoms with Gasteiger partial charge in [-0.25, -0.2) is 0 Å². The number of ketones is 1. The Kier molecular flexibility index (Phi) is 2.59. The minimum Gasteiger partial charge on any atom is -0.393 e. The van der Waals surface area contributed by atoms with Crippen molar-refractivity contribution in [2.45, 2.75) is 44.5 Å². The lowest BCUT2D eigenvalue weighted by molar-refractivity contribution is -0.119. The zero-order valence-electron chi connectivity index (χ0n) is 11.3. The van der Waals surface area contributed by atoms with Crippen molar-refractivity contribution < 1.29 is 19.7 Å². The number of carbonyl (C=O) groups excluding carboxylic acids is 1. The summed E-state index contributed by atoms with van der Waals surface area (Å²) in [4.78, 5) is 12.3. The third-order valence-electron chi connectivity index (χ3n) is 5.47. The quantitative estimate of drug-likeness (QED) is 0.576. The van der Waals surface area contributed by atoms with Gasteiger partial charge in [0.05, 0.1) is 12.7 Å². The van der Waals surface area contributed by atoms with Crippen LogP contribution < -0.4 is 0 Å². The SMILES string of the molecule is C=C(CO)[C@@]12OC1[C@@]1(C)C(=CC2=O)CC[C@@H](O)[C@@H]1C. The molecule has 0 bridgehead atoms. The molecule has 3 aliphatic rings. The minimum absolute atomic E-state index is 0.0268. The monoisotopic (exact) mass is 264 g/mol. The van der Waals surface area contributed by atoms with Crippen LogP contribution in [-0.4, -0.2) is 40.4 Å². The molecule has 1 saturated carbocycles. The fraction of sp³-hybridized carbons (Fsp3) is 0.667. The molecule has 0 aromatic rings. The molecule has 104 valence electrons. The Balaban J connectivity index is 2.07. The highest BCUT2D eigenvalue weighted by Gasteiger charge is 2.74. The molecule has 4 nitrogen and oxygen atoms in total. The predicted molar refractivity (Wildman–Crippen MR) is 69.4 cm³/mol. The molecule has 5 atom stereocenters. The number of fused-ring (bicyclic) bond motifs is 3. The van der Waals surface area contributed by atoms with Crippen LogP contribution in [0.4, 0.5) is 0 Å². The third-order valence-corrected chi connectivity index (χ3v) is 5.47. The molecule has 4 heteroatoms. The molecule has 2 aliphatic carbocycles. The fourth-order valence-corrected chi connectivity index (χ4v) is 3.86. The van der Waals surface area contributed by atoms with Crippen molar-refractivity contribution in [3.8, 4) is 0 Å². The Morgan fingerprint density at radius 1 is 1.63 bits per heavy atom. The molecule has 0 aromatic carbocycles. The second-order valence-corrected chi connectivity index (χ2v) is 6.21. The van der Waals surface area contributed by atoms with Crippen molar-refractivity contribution >= 4 is 5.78 Å². The number of aliphatic hydroxyl groups is 2. The van der Waals surface area contributed by atoms with Crippen LogP contribution in [0.1, 0.15) is 26.7 Å². The van der Waals surface area contributed by atoms with Crippen molar-refractivity contribution in [1.29, 1.82) is 0 Å². The van der Waals surface area contributed by atoms with Gasteiger partial charge < -0.3 is 14.9 Å². The van der Waals surface area contributed by atoms with E-state index in [0.29, 0.717) is 12.0 Å². The number of rotatable bonds is 2. The van der Waals surface area contributed by atoms with Gasteiger partial charge in [-0.05, 0) is 30.4 Å². The van der Waals surface area contributed by atoms with E-state index >= 15 is 0 Å². The van der Waals surface area contributed by atoms with Crippen LogP contribution in [-0.2, 0) is 9.53 Å². The van der Waals surface area contributed by atoms with E-state index in [9.17, 15) is 15.0 Å². The molecular weight excluding hydrogens is 244 g/mol. The summed E-state index contributed by atoms with van der Waals surface area (Å²) in [5, 5.41) is 19.4. The van der Waals surface area contributed by atoms with Gasteiger partial charge in [-0.3, -0.25) is 4.79 Å². The van der Waals surface area contributed by atoms with E-state index < -0.39 is 5.60 Å². The van der Waals surface area contributed by atoms with Gasteiger partial charge in [0, 0.05) is 5.41 Å². The van der Waals surface area contributed by atoms with E-state index in [4.69, 9.17) is 4.74 Å². The average molecular weight is 264 g/mol. The summed E-state index contributed by atoms with van der Waals surface area (Å²) in [5.41, 5.74) is 0.104. The van der Waals surface area contributed by atoms with E-state index in [1.54, 1.807) is 6.08 Å². The topological polar surface area (TPSA) is 70.1 Å². The molecule has 19 heavy (non-hydrogen) atoms. The molecule has 2 fully saturated rings. The second-order valence-electron chi connectivity index (χ2n) is 6.21. The summed E-state index contributed by atoms with van der Waals surface area (Å²) >= 11 is 0. The summed E-state index contributed by atoms with van der Waals surface area (Å²) in [6, 6.07) is 0. The van der Waals surface area contributed by atoms with E-state index in [1.165, 1.54) is 0 Å². The maximum absolute atomic E-state index is 12.3. The van der Waals surface area contributed by atoms with Crippen LogP contribution in [0.5, 0.6) is 0 Å². The predicted octanol–water partition coefficient (Wildman–Crippen LogP) is 0.979. The lowest BCUT2D eigenvalue weighted by Crippen LogP contribution is -2.50. The van der Waals surface area contributed by atoms with Crippen molar-refractivity contribution in [2.75, 3.05) is 6.61 Å². The lowest BCUT2D eigenvalue weighted by Gasteiger charge is -2.46. The van der Waals surface area contributed by atoms with Gasteiger partial charge in [0.1, 0.15) is 6.10 Å². The van der Waals surface area contributed by atoms with Crippen LogP contribution in [0.2, 0.25) is 0 Å². The lowest BCUT2D eigenvalue weighted by atomic mass is 9.57. The van der Waals surface area contributed by atoms with Gasteiger partial charge in [-0.2, -0.15) is 0 Å². The van der Waals surface area contributed by atoms with E-state index in [1.807, 2.05) is 6.92 Å². The van der Waals surface area contributed by atoms with Crippen molar-refractivity contribution in [3.05, 3.63) is 23.8 Å². The summed E-state index contributed by atoms with van der Waals surface area (Å²) in [5.74, 6) is -0.0772. The smallest absolute Gasteiger partial charge is 0.194 e. The van der Waals surface area contributed by atoms with Crippen LogP contribution in [0.25, 0.3) is 0 Å². The van der Waals surface area contributed by atoms with Crippen molar-refractivity contribution in [2.24, 2.45) is 11.3 Å². The number of epoxide rings is 1. The summed E-state index contributed by atoms with van der Waals surface area (Å²) in [6.07, 6.45) is 2.41. The van der Waals surface area contributed by atoms with Gasteiger partial charge in [-0.1, -0.05) is 26.0 Å². The highest BCUT2D eigenvalue weighted by molar-refractivity contribution is 6.04. The summed E-state index contributed by atoms with van der Waals surface area (Å²) in [6.45, 7) is 7.59. The molecule has 2 N–H and O–H groups in total. The van der Waals surface area contributed by atoms with Crippen molar-refractivity contribution in [3.63, 3.8) is 0 Å². The molecule has 0 spiro atoms. The first kappa shape index (κ1) is 13.0. The molecule has 3 rings (SSSR count). The Labute approximate surface area is 112 Å². The second kappa shape index (κ2) is 3.78. The zero-order valence-corrected chi connectivity index (χ0v) is 11.3. The summed E-state index contributed by atoms with van der Waals surface area (Å²) < 4.78 is 5.75. The third kappa shape index (κ3) is 1.37. The molecule has 1 saturated heterocycles. The molecule has 0 aromatic heterocycles. The first-order chi connectivity index (χ1) is 8.88. The van der Waals surface area contributed by atoms with Crippen LogP contribution in [0.3, 0.4) is 0 Å². The maximum Gasteiger partial charge on any atom is 0.194 e. The Morgan fingerprint density at radius 2 is 2.32 bits per heavy atom. The molecule has 1 unspecified atom stereocenters. The molecule has 1 heterocycles. The molecular formula is C15H20O4. The van der Waals surface area contributed by atoms with Gasteiger partial charge >= 0.3 is 0 Å². The Bertz CT molecular complexity index is 494. The van der Waals surface area contributed by atoms with Crippen LogP contribution >= 0.6 is 0 Å². The number of hydrogen-bond acceptors (Lipinski definition) is 4. The average Bonchev–Trinajstić information content (AvgIpc) is 3.15. The summed E-state index contributed by atoms with van der Waals surface area (Å²) in [7, 11) is 0. The van der Waals surface area contributed by atoms with Gasteiger partial charge in [0.15, 0.2) is 11.4 Å². The van der Waals surface area contributed by atoms with E-state index in [0.717, 1.165) is 12.0 Å². The van der Waals surface area contributed by atoms with Gasteiger partial charge in [0.2, 0.25) is 0 Å². The maximum atomic E-state index is 12.3. The molecule has 0 amide bonds.